The largest absolute Gasteiger partial charge is 0.338 e. The molecule has 1 N–H and O–H groups in total. The molecule has 0 fully saturated rings. The summed E-state index contributed by atoms with van der Waals surface area (Å²) in [4.78, 5) is 8.90. The molecule has 0 saturated carbocycles. The molecule has 37 heavy (non-hydrogen) atoms. The normalized spacial score (nSPS) is 10.5. The van der Waals surface area contributed by atoms with E-state index in [0.717, 1.165) is 49.7 Å². The number of rotatable bonds is 3. The lowest BCUT2D eigenvalue weighted by molar-refractivity contribution is 1.25. The molecular weight excluding hydrogens is 452 g/mol. The molecule has 6 rings (SSSR count). The number of fused-ring (bicyclic) bond motifs is 2. The molecule has 0 unspecified atom stereocenters. The molecule has 4 heteroatoms. The summed E-state index contributed by atoms with van der Waals surface area (Å²) in [5.74, 6) is 7.51. The lowest BCUT2D eigenvalue weighted by Crippen LogP contribution is -1.97. The molecule has 2 heterocycles. The second-order valence-corrected chi connectivity index (χ2v) is 8.52. The summed E-state index contributed by atoms with van der Waals surface area (Å²) in [6.45, 7) is 0. The van der Waals surface area contributed by atoms with Gasteiger partial charge in [0.05, 0.1) is 17.3 Å². The van der Waals surface area contributed by atoms with E-state index in [4.69, 9.17) is 0 Å². The Morgan fingerprint density at radius 3 is 1.89 bits per heavy atom. The molecule has 4 nitrogen and oxygen atoms in total. The van der Waals surface area contributed by atoms with E-state index in [9.17, 15) is 5.26 Å². The minimum absolute atomic E-state index is 0.644. The molecule has 0 bridgehead atoms. The number of nitrogens with zero attached hydrogens (tertiary/aromatic N) is 3. The molecule has 0 atom stereocenters. The van der Waals surface area contributed by atoms with E-state index in [2.05, 4.69) is 69.6 Å². The summed E-state index contributed by atoms with van der Waals surface area (Å²) in [5, 5.41) is 17.0. The summed E-state index contributed by atoms with van der Waals surface area (Å²) >= 11 is 0. The van der Waals surface area contributed by atoms with Gasteiger partial charge in [-0.3, -0.25) is 0 Å². The second-order valence-electron chi connectivity index (χ2n) is 8.52. The second kappa shape index (κ2) is 9.66. The van der Waals surface area contributed by atoms with Gasteiger partial charge in [0.2, 0.25) is 0 Å². The zero-order valence-electron chi connectivity index (χ0n) is 19.8. The van der Waals surface area contributed by atoms with Crippen LogP contribution in [0.3, 0.4) is 0 Å². The third-order valence-electron chi connectivity index (χ3n) is 6.28. The topological polar surface area (TPSA) is 61.6 Å². The van der Waals surface area contributed by atoms with Crippen LogP contribution in [0.1, 0.15) is 16.8 Å². The van der Waals surface area contributed by atoms with Crippen molar-refractivity contribution in [3.8, 4) is 29.0 Å². The summed E-state index contributed by atoms with van der Waals surface area (Å²) in [7, 11) is 0. The molecule has 0 spiro atoms. The molecule has 6 aromatic rings. The number of aromatic nitrogens is 2. The Hall–Kier alpha value is -5.45. The minimum Gasteiger partial charge on any atom is -0.338 e. The van der Waals surface area contributed by atoms with Gasteiger partial charge >= 0.3 is 0 Å². The highest BCUT2D eigenvalue weighted by molar-refractivity contribution is 6.16. The van der Waals surface area contributed by atoms with Crippen LogP contribution >= 0.6 is 0 Å². The fourth-order valence-corrected chi connectivity index (χ4v) is 4.59. The Morgan fingerprint density at radius 1 is 0.595 bits per heavy atom. The smallest absolute Gasteiger partial charge is 0.137 e. The SMILES string of the molecule is N#Cc1ccc(-c2c3ccccc3c(C#Cc3ncccc3Nc3ccccn3)c3ccccc23)cc1. The van der Waals surface area contributed by atoms with Gasteiger partial charge in [0, 0.05) is 18.0 Å². The van der Waals surface area contributed by atoms with Crippen molar-refractivity contribution in [2.45, 2.75) is 0 Å². The van der Waals surface area contributed by atoms with Crippen LogP contribution in [0, 0.1) is 23.2 Å². The molecule has 0 aliphatic carbocycles. The highest BCUT2D eigenvalue weighted by Gasteiger charge is 2.14. The summed E-state index contributed by atoms with van der Waals surface area (Å²) in [5.41, 5.74) is 5.26. The first-order valence-electron chi connectivity index (χ1n) is 11.9. The number of hydrogen-bond donors (Lipinski definition) is 1. The fourth-order valence-electron chi connectivity index (χ4n) is 4.59. The van der Waals surface area contributed by atoms with Crippen LogP contribution in [-0.2, 0) is 0 Å². The Kier molecular flexibility index (Phi) is 5.75. The number of hydrogen-bond acceptors (Lipinski definition) is 4. The van der Waals surface area contributed by atoms with Gasteiger partial charge in [-0.15, -0.1) is 0 Å². The van der Waals surface area contributed by atoms with Crippen LogP contribution in [0.2, 0.25) is 0 Å². The molecule has 0 saturated heterocycles. The number of nitriles is 1. The highest BCUT2D eigenvalue weighted by Crippen LogP contribution is 2.39. The lowest BCUT2D eigenvalue weighted by atomic mass is 9.88. The zero-order chi connectivity index (χ0) is 25.0. The van der Waals surface area contributed by atoms with Gasteiger partial charge in [0.15, 0.2) is 0 Å². The third-order valence-corrected chi connectivity index (χ3v) is 6.28. The van der Waals surface area contributed by atoms with Crippen molar-refractivity contribution in [1.29, 1.82) is 5.26 Å². The maximum Gasteiger partial charge on any atom is 0.137 e. The quantitative estimate of drug-likeness (QED) is 0.214. The van der Waals surface area contributed by atoms with E-state index in [1.807, 2.05) is 66.7 Å². The standard InChI is InChI=1S/C33H20N4/c34-22-23-14-16-24(17-15-23)33-28-10-3-1-8-25(28)27(26-9-2-4-11-29(26)33)18-19-30-31(12-7-21-35-30)37-32-13-5-6-20-36-32/h1-17,20-21H,(H,36,37). The number of nitrogens with one attached hydrogen (secondary N) is 1. The van der Waals surface area contributed by atoms with E-state index >= 15 is 0 Å². The van der Waals surface area contributed by atoms with Crippen LogP contribution in [0.5, 0.6) is 0 Å². The van der Waals surface area contributed by atoms with Crippen LogP contribution < -0.4 is 5.32 Å². The number of pyridine rings is 2. The maximum absolute atomic E-state index is 9.26. The Balaban J connectivity index is 1.55. The Labute approximate surface area is 214 Å². The van der Waals surface area contributed by atoms with Crippen LogP contribution in [0.15, 0.2) is 116 Å². The molecule has 0 radical (unpaired) electrons. The van der Waals surface area contributed by atoms with Crippen molar-refractivity contribution in [2.75, 3.05) is 5.32 Å². The van der Waals surface area contributed by atoms with E-state index < -0.39 is 0 Å². The molecule has 2 aromatic heterocycles. The Morgan fingerprint density at radius 2 is 1.24 bits per heavy atom. The van der Waals surface area contributed by atoms with Crippen LogP contribution in [0.25, 0.3) is 32.7 Å². The van der Waals surface area contributed by atoms with Gasteiger partial charge in [-0.05, 0) is 75.0 Å². The maximum atomic E-state index is 9.26. The first-order valence-corrected chi connectivity index (χ1v) is 11.9. The highest BCUT2D eigenvalue weighted by atomic mass is 15.0. The summed E-state index contributed by atoms with van der Waals surface area (Å²) < 4.78 is 0. The monoisotopic (exact) mass is 472 g/mol. The van der Waals surface area contributed by atoms with Crippen molar-refractivity contribution >= 4 is 33.1 Å². The minimum atomic E-state index is 0.644. The third kappa shape index (κ3) is 4.25. The molecule has 172 valence electrons. The van der Waals surface area contributed by atoms with Crippen molar-refractivity contribution in [3.05, 3.63) is 132 Å². The van der Waals surface area contributed by atoms with E-state index in [1.165, 1.54) is 0 Å². The van der Waals surface area contributed by atoms with Gasteiger partial charge in [0.1, 0.15) is 11.5 Å². The van der Waals surface area contributed by atoms with Crippen molar-refractivity contribution in [2.24, 2.45) is 0 Å². The lowest BCUT2D eigenvalue weighted by Gasteiger charge is -2.14. The molecule has 0 amide bonds. The first kappa shape index (κ1) is 22.0. The van der Waals surface area contributed by atoms with E-state index in [-0.39, 0.29) is 0 Å². The molecular formula is C33H20N4. The van der Waals surface area contributed by atoms with Gasteiger partial charge in [0.25, 0.3) is 0 Å². The predicted octanol–water partition coefficient (Wildman–Crippen LogP) is 7.47. The van der Waals surface area contributed by atoms with Gasteiger partial charge in [-0.2, -0.15) is 5.26 Å². The number of anilines is 2. The zero-order valence-corrected chi connectivity index (χ0v) is 19.8. The number of benzene rings is 4. The Bertz CT molecular complexity index is 1800. The van der Waals surface area contributed by atoms with Gasteiger partial charge < -0.3 is 5.32 Å². The molecule has 4 aromatic carbocycles. The predicted molar refractivity (Wildman–Crippen MR) is 149 cm³/mol. The molecule has 0 aliphatic heterocycles. The van der Waals surface area contributed by atoms with E-state index in [1.54, 1.807) is 12.4 Å². The van der Waals surface area contributed by atoms with Crippen molar-refractivity contribution in [3.63, 3.8) is 0 Å². The first-order chi connectivity index (χ1) is 18.3. The van der Waals surface area contributed by atoms with Gasteiger partial charge in [-0.1, -0.05) is 72.7 Å². The van der Waals surface area contributed by atoms with E-state index in [0.29, 0.717) is 11.3 Å². The summed E-state index contributed by atoms with van der Waals surface area (Å²) in [6.07, 6.45) is 3.50. The van der Waals surface area contributed by atoms with Crippen molar-refractivity contribution < 1.29 is 0 Å². The van der Waals surface area contributed by atoms with Crippen LogP contribution in [-0.4, -0.2) is 9.97 Å². The molecule has 0 aliphatic rings. The fraction of sp³-hybridized carbons (Fsp3) is 0. The van der Waals surface area contributed by atoms with Crippen molar-refractivity contribution in [1.82, 2.24) is 9.97 Å². The van der Waals surface area contributed by atoms with Crippen LogP contribution in [0.4, 0.5) is 11.5 Å². The average Bonchev–Trinajstić information content (AvgIpc) is 2.96. The van der Waals surface area contributed by atoms with Gasteiger partial charge in [-0.25, -0.2) is 9.97 Å². The summed E-state index contributed by atoms with van der Waals surface area (Å²) in [6, 6.07) is 36.2. The average molecular weight is 473 g/mol.